The van der Waals surface area contributed by atoms with E-state index in [1.165, 1.54) is 5.56 Å². The maximum Gasteiger partial charge on any atom is 0.226 e. The number of hydrogen-bond donors (Lipinski definition) is 1. The van der Waals surface area contributed by atoms with Crippen molar-refractivity contribution >= 4 is 28.9 Å². The lowest BCUT2D eigenvalue weighted by molar-refractivity contribution is -0.119. The Balaban J connectivity index is 2.10. The molecular formula is C14H18N2OS. The summed E-state index contributed by atoms with van der Waals surface area (Å²) in [4.78, 5) is 13.6. The van der Waals surface area contributed by atoms with Crippen molar-refractivity contribution in [1.82, 2.24) is 5.32 Å². The van der Waals surface area contributed by atoms with Crippen LogP contribution < -0.4 is 10.2 Å². The fourth-order valence-electron chi connectivity index (χ4n) is 2.22. The van der Waals surface area contributed by atoms with E-state index in [0.29, 0.717) is 11.5 Å². The highest BCUT2D eigenvalue weighted by Gasteiger charge is 2.20. The smallest absolute Gasteiger partial charge is 0.226 e. The van der Waals surface area contributed by atoms with Gasteiger partial charge in [0.05, 0.1) is 0 Å². The van der Waals surface area contributed by atoms with Crippen LogP contribution in [-0.4, -0.2) is 17.6 Å². The molecule has 0 fully saturated rings. The molecule has 18 heavy (non-hydrogen) atoms. The number of rotatable bonds is 2. The first kappa shape index (κ1) is 13.0. The minimum atomic E-state index is 0.00514. The first-order chi connectivity index (χ1) is 8.72. The Morgan fingerprint density at radius 1 is 1.44 bits per heavy atom. The number of nitrogens with one attached hydrogen (secondary N) is 1. The molecule has 1 aliphatic heterocycles. The van der Waals surface area contributed by atoms with E-state index in [4.69, 9.17) is 12.2 Å². The lowest BCUT2D eigenvalue weighted by atomic mass is 10.0. The van der Waals surface area contributed by atoms with E-state index in [0.717, 1.165) is 31.5 Å². The first-order valence-electron chi connectivity index (χ1n) is 6.41. The van der Waals surface area contributed by atoms with Crippen LogP contribution in [0.25, 0.3) is 0 Å². The molecule has 2 rings (SSSR count). The highest BCUT2D eigenvalue weighted by atomic mass is 32.1. The summed E-state index contributed by atoms with van der Waals surface area (Å²) in [5, 5.41) is 3.34. The summed E-state index contributed by atoms with van der Waals surface area (Å²) in [7, 11) is 0. The number of amides is 1. The van der Waals surface area contributed by atoms with Crippen LogP contribution >= 0.6 is 12.2 Å². The van der Waals surface area contributed by atoms with Crippen LogP contribution in [0.4, 0.5) is 5.69 Å². The zero-order valence-corrected chi connectivity index (χ0v) is 11.4. The molecule has 1 aliphatic rings. The molecule has 0 aliphatic carbocycles. The van der Waals surface area contributed by atoms with Gasteiger partial charge in [-0.25, -0.2) is 0 Å². The average molecular weight is 262 g/mol. The van der Waals surface area contributed by atoms with Crippen molar-refractivity contribution in [3.05, 3.63) is 29.8 Å². The lowest BCUT2D eigenvalue weighted by Crippen LogP contribution is -2.45. The molecule has 1 aromatic carbocycles. The summed E-state index contributed by atoms with van der Waals surface area (Å²) < 4.78 is 0. The fraction of sp³-hybridized carbons (Fsp3) is 0.429. The molecule has 0 unspecified atom stereocenters. The standard InChI is InChI=1S/C14H18N2OS/c1-2-6-13(17)15-14(18)16-10-5-8-11-7-3-4-9-12(11)16/h3-4,7,9H,2,5-6,8,10H2,1H3,(H,15,17,18). The molecule has 0 radical (unpaired) electrons. The molecule has 1 aromatic rings. The van der Waals surface area contributed by atoms with Gasteiger partial charge in [-0.15, -0.1) is 0 Å². The number of benzene rings is 1. The molecule has 0 spiro atoms. The molecule has 1 amide bonds. The van der Waals surface area contributed by atoms with Gasteiger partial charge in [-0.2, -0.15) is 0 Å². The maximum absolute atomic E-state index is 11.6. The van der Waals surface area contributed by atoms with Gasteiger partial charge in [-0.1, -0.05) is 25.1 Å². The van der Waals surface area contributed by atoms with Crippen LogP contribution in [0.3, 0.4) is 0 Å². The lowest BCUT2D eigenvalue weighted by Gasteiger charge is -2.31. The van der Waals surface area contributed by atoms with Crippen molar-refractivity contribution in [2.24, 2.45) is 0 Å². The van der Waals surface area contributed by atoms with E-state index in [1.54, 1.807) is 0 Å². The first-order valence-corrected chi connectivity index (χ1v) is 6.82. The third kappa shape index (κ3) is 2.88. The predicted molar refractivity (Wildman–Crippen MR) is 77.8 cm³/mol. The number of anilines is 1. The Labute approximate surface area is 113 Å². The zero-order chi connectivity index (χ0) is 13.0. The van der Waals surface area contributed by atoms with Gasteiger partial charge in [0, 0.05) is 18.7 Å². The van der Waals surface area contributed by atoms with E-state index in [1.807, 2.05) is 24.0 Å². The molecule has 1 N–H and O–H groups in total. The largest absolute Gasteiger partial charge is 0.318 e. The van der Waals surface area contributed by atoms with Crippen molar-refractivity contribution in [1.29, 1.82) is 0 Å². The van der Waals surface area contributed by atoms with E-state index in [9.17, 15) is 4.79 Å². The highest BCUT2D eigenvalue weighted by molar-refractivity contribution is 7.80. The number of thiocarbonyl (C=S) groups is 1. The van der Waals surface area contributed by atoms with Gasteiger partial charge in [-0.3, -0.25) is 4.79 Å². The summed E-state index contributed by atoms with van der Waals surface area (Å²) in [5.74, 6) is 0.00514. The predicted octanol–water partition coefficient (Wildman–Crippen LogP) is 2.64. The monoisotopic (exact) mass is 262 g/mol. The fourth-order valence-corrected chi connectivity index (χ4v) is 2.52. The Morgan fingerprint density at radius 3 is 3.00 bits per heavy atom. The van der Waals surface area contributed by atoms with Crippen LogP contribution in [0, 0.1) is 0 Å². The molecule has 1 heterocycles. The maximum atomic E-state index is 11.6. The SMILES string of the molecule is CCCC(=O)NC(=S)N1CCCc2ccccc21. The van der Waals surface area contributed by atoms with E-state index >= 15 is 0 Å². The van der Waals surface area contributed by atoms with Crippen LogP contribution in [0.1, 0.15) is 31.7 Å². The van der Waals surface area contributed by atoms with Gasteiger partial charge < -0.3 is 10.2 Å². The van der Waals surface area contributed by atoms with Crippen molar-refractivity contribution in [3.63, 3.8) is 0 Å². The number of carbonyl (C=O) groups excluding carboxylic acids is 1. The molecule has 4 heteroatoms. The Bertz CT molecular complexity index is 459. The summed E-state index contributed by atoms with van der Waals surface area (Å²) in [6.07, 6.45) is 3.51. The second kappa shape index (κ2) is 5.96. The molecule has 0 bridgehead atoms. The topological polar surface area (TPSA) is 32.3 Å². The van der Waals surface area contributed by atoms with Crippen molar-refractivity contribution < 1.29 is 4.79 Å². The van der Waals surface area contributed by atoms with Gasteiger partial charge in [0.25, 0.3) is 0 Å². The van der Waals surface area contributed by atoms with Crippen LogP contribution in [0.2, 0.25) is 0 Å². The normalized spacial score (nSPS) is 13.9. The van der Waals surface area contributed by atoms with Crippen LogP contribution in [0.5, 0.6) is 0 Å². The number of carbonyl (C=O) groups is 1. The van der Waals surface area contributed by atoms with Gasteiger partial charge in [-0.05, 0) is 43.1 Å². The summed E-state index contributed by atoms with van der Waals surface area (Å²) in [6, 6.07) is 8.24. The Hall–Kier alpha value is -1.42. The van der Waals surface area contributed by atoms with Gasteiger partial charge in [0.15, 0.2) is 5.11 Å². The minimum Gasteiger partial charge on any atom is -0.318 e. The number of aryl methyl sites for hydroxylation is 1. The third-order valence-electron chi connectivity index (χ3n) is 3.08. The Morgan fingerprint density at radius 2 is 2.22 bits per heavy atom. The second-order valence-corrected chi connectivity index (χ2v) is 4.87. The Kier molecular flexibility index (Phi) is 4.31. The van der Waals surface area contributed by atoms with Crippen molar-refractivity contribution in [2.45, 2.75) is 32.6 Å². The van der Waals surface area contributed by atoms with Crippen molar-refractivity contribution in [3.8, 4) is 0 Å². The summed E-state index contributed by atoms with van der Waals surface area (Å²) in [5.41, 5.74) is 2.43. The average Bonchev–Trinajstić information content (AvgIpc) is 2.38. The number of hydrogen-bond acceptors (Lipinski definition) is 2. The molecule has 0 saturated carbocycles. The molecule has 96 valence electrons. The van der Waals surface area contributed by atoms with E-state index in [-0.39, 0.29) is 5.91 Å². The molecular weight excluding hydrogens is 244 g/mol. The summed E-state index contributed by atoms with van der Waals surface area (Å²) >= 11 is 5.33. The zero-order valence-electron chi connectivity index (χ0n) is 10.6. The van der Waals surface area contributed by atoms with Crippen LogP contribution in [0.15, 0.2) is 24.3 Å². The van der Waals surface area contributed by atoms with E-state index < -0.39 is 0 Å². The van der Waals surface area contributed by atoms with E-state index in [2.05, 4.69) is 17.4 Å². The number of fused-ring (bicyclic) bond motifs is 1. The minimum absolute atomic E-state index is 0.00514. The molecule has 3 nitrogen and oxygen atoms in total. The molecule has 0 saturated heterocycles. The highest BCUT2D eigenvalue weighted by Crippen LogP contribution is 2.26. The van der Waals surface area contributed by atoms with Crippen molar-refractivity contribution in [2.75, 3.05) is 11.4 Å². The molecule has 0 atom stereocenters. The van der Waals surface area contributed by atoms with Gasteiger partial charge in [0.1, 0.15) is 0 Å². The summed E-state index contributed by atoms with van der Waals surface area (Å²) in [6.45, 7) is 2.86. The van der Waals surface area contributed by atoms with Gasteiger partial charge >= 0.3 is 0 Å². The van der Waals surface area contributed by atoms with Gasteiger partial charge in [0.2, 0.25) is 5.91 Å². The quantitative estimate of drug-likeness (QED) is 0.832. The molecule has 0 aromatic heterocycles. The van der Waals surface area contributed by atoms with Crippen LogP contribution in [-0.2, 0) is 11.2 Å². The number of para-hydroxylation sites is 1. The number of nitrogens with zero attached hydrogens (tertiary/aromatic N) is 1. The second-order valence-electron chi connectivity index (χ2n) is 4.49. The third-order valence-corrected chi connectivity index (χ3v) is 3.40.